The Kier molecular flexibility index (Phi) is 3.39. The average Bonchev–Trinajstić information content (AvgIpc) is 2.96. The Hall–Kier alpha value is -2.69. The van der Waals surface area contributed by atoms with E-state index in [0.717, 1.165) is 11.1 Å². The van der Waals surface area contributed by atoms with E-state index in [1.54, 1.807) is 18.2 Å². The Balaban J connectivity index is 1.72. The van der Waals surface area contributed by atoms with Gasteiger partial charge in [-0.05, 0) is 36.8 Å². The lowest BCUT2D eigenvalue weighted by molar-refractivity contribution is 0.0950. The van der Waals surface area contributed by atoms with Gasteiger partial charge in [-0.1, -0.05) is 12.1 Å². The first-order chi connectivity index (χ1) is 10.1. The van der Waals surface area contributed by atoms with Crippen molar-refractivity contribution in [3.8, 4) is 11.5 Å². The number of hydrogen-bond acceptors (Lipinski definition) is 4. The molecule has 1 amide bonds. The molecule has 0 radical (unpaired) electrons. The first kappa shape index (κ1) is 13.3. The molecule has 3 N–H and O–H groups in total. The van der Waals surface area contributed by atoms with Crippen LogP contribution in [0.2, 0.25) is 0 Å². The van der Waals surface area contributed by atoms with Crippen molar-refractivity contribution in [3.63, 3.8) is 0 Å². The molecule has 2 aromatic carbocycles. The van der Waals surface area contributed by atoms with Crippen LogP contribution in [0.25, 0.3) is 0 Å². The normalized spacial score (nSPS) is 12.2. The van der Waals surface area contributed by atoms with Crippen molar-refractivity contribution in [2.75, 3.05) is 12.5 Å². The van der Waals surface area contributed by atoms with Crippen molar-refractivity contribution in [2.45, 2.75) is 13.5 Å². The number of nitrogen functional groups attached to an aromatic ring is 1. The molecule has 0 saturated carbocycles. The first-order valence-corrected chi connectivity index (χ1v) is 6.67. The predicted octanol–water partition coefficient (Wildman–Crippen LogP) is 2.24. The van der Waals surface area contributed by atoms with Gasteiger partial charge in [0.1, 0.15) is 0 Å². The number of amides is 1. The van der Waals surface area contributed by atoms with E-state index in [4.69, 9.17) is 15.2 Å². The highest BCUT2D eigenvalue weighted by Crippen LogP contribution is 2.35. The van der Waals surface area contributed by atoms with Crippen LogP contribution in [0, 0.1) is 6.92 Å². The second-order valence-electron chi connectivity index (χ2n) is 4.90. The number of nitrogens with one attached hydrogen (secondary N) is 1. The van der Waals surface area contributed by atoms with Crippen LogP contribution in [0.1, 0.15) is 21.5 Å². The van der Waals surface area contributed by atoms with Gasteiger partial charge in [0.15, 0.2) is 11.5 Å². The summed E-state index contributed by atoms with van der Waals surface area (Å²) in [7, 11) is 0. The molecule has 108 valence electrons. The topological polar surface area (TPSA) is 73.6 Å². The van der Waals surface area contributed by atoms with Gasteiger partial charge in [-0.2, -0.15) is 0 Å². The van der Waals surface area contributed by atoms with Gasteiger partial charge in [-0.25, -0.2) is 0 Å². The number of hydrogen-bond donors (Lipinski definition) is 2. The van der Waals surface area contributed by atoms with Crippen LogP contribution in [-0.4, -0.2) is 12.7 Å². The zero-order valence-corrected chi connectivity index (χ0v) is 11.7. The lowest BCUT2D eigenvalue weighted by Gasteiger charge is -2.09. The van der Waals surface area contributed by atoms with Gasteiger partial charge in [0.05, 0.1) is 0 Å². The molecular formula is C16H16N2O3. The van der Waals surface area contributed by atoms with E-state index in [1.165, 1.54) is 0 Å². The molecule has 0 aliphatic carbocycles. The number of nitrogens with two attached hydrogens (primary N) is 1. The van der Waals surface area contributed by atoms with E-state index in [2.05, 4.69) is 5.32 Å². The highest BCUT2D eigenvalue weighted by molar-refractivity contribution is 5.94. The number of anilines is 1. The molecule has 1 aliphatic heterocycles. The standard InChI is InChI=1S/C16H16N2O3/c1-10-7-11(5-6-13(10)17)16(19)18-8-12-3-2-4-14-15(12)21-9-20-14/h2-7H,8-9,17H2,1H3,(H,18,19). The molecule has 0 bridgehead atoms. The Morgan fingerprint density at radius 1 is 1.29 bits per heavy atom. The monoisotopic (exact) mass is 284 g/mol. The number of carbonyl (C=O) groups excluding carboxylic acids is 1. The number of para-hydroxylation sites is 1. The number of benzene rings is 2. The first-order valence-electron chi connectivity index (χ1n) is 6.67. The molecule has 0 spiro atoms. The summed E-state index contributed by atoms with van der Waals surface area (Å²) in [6.07, 6.45) is 0. The lowest BCUT2D eigenvalue weighted by atomic mass is 10.1. The summed E-state index contributed by atoms with van der Waals surface area (Å²) in [5.74, 6) is 1.27. The van der Waals surface area contributed by atoms with Crippen molar-refractivity contribution in [3.05, 3.63) is 53.1 Å². The number of rotatable bonds is 3. The summed E-state index contributed by atoms with van der Waals surface area (Å²) in [6.45, 7) is 2.48. The fourth-order valence-electron chi connectivity index (χ4n) is 2.22. The smallest absolute Gasteiger partial charge is 0.251 e. The third-order valence-electron chi connectivity index (χ3n) is 3.45. The quantitative estimate of drug-likeness (QED) is 0.848. The fourth-order valence-corrected chi connectivity index (χ4v) is 2.22. The van der Waals surface area contributed by atoms with Crippen LogP contribution in [-0.2, 0) is 6.54 Å². The molecule has 0 fully saturated rings. The van der Waals surface area contributed by atoms with Gasteiger partial charge in [-0.15, -0.1) is 0 Å². The minimum absolute atomic E-state index is 0.144. The minimum Gasteiger partial charge on any atom is -0.454 e. The van der Waals surface area contributed by atoms with Crippen LogP contribution >= 0.6 is 0 Å². The van der Waals surface area contributed by atoms with E-state index in [1.807, 2.05) is 25.1 Å². The van der Waals surface area contributed by atoms with Crippen molar-refractivity contribution in [1.82, 2.24) is 5.32 Å². The highest BCUT2D eigenvalue weighted by Gasteiger charge is 2.17. The number of carbonyl (C=O) groups is 1. The zero-order valence-electron chi connectivity index (χ0n) is 11.7. The number of ether oxygens (including phenoxy) is 2. The Labute approximate surface area is 122 Å². The van der Waals surface area contributed by atoms with Crippen LogP contribution < -0.4 is 20.5 Å². The number of fused-ring (bicyclic) bond motifs is 1. The summed E-state index contributed by atoms with van der Waals surface area (Å²) in [4.78, 5) is 12.2. The molecule has 3 rings (SSSR count). The average molecular weight is 284 g/mol. The molecule has 0 saturated heterocycles. The van der Waals surface area contributed by atoms with Gasteiger partial charge in [0.25, 0.3) is 5.91 Å². The summed E-state index contributed by atoms with van der Waals surface area (Å²) in [6, 6.07) is 10.9. The van der Waals surface area contributed by atoms with Crippen molar-refractivity contribution < 1.29 is 14.3 Å². The molecule has 0 unspecified atom stereocenters. The Morgan fingerprint density at radius 3 is 2.95 bits per heavy atom. The van der Waals surface area contributed by atoms with Crippen molar-refractivity contribution in [2.24, 2.45) is 0 Å². The number of aryl methyl sites for hydroxylation is 1. The van der Waals surface area contributed by atoms with Gasteiger partial charge >= 0.3 is 0 Å². The van der Waals surface area contributed by atoms with Crippen molar-refractivity contribution in [1.29, 1.82) is 0 Å². The van der Waals surface area contributed by atoms with Crippen LogP contribution in [0.15, 0.2) is 36.4 Å². The third kappa shape index (κ3) is 2.63. The maximum absolute atomic E-state index is 12.2. The summed E-state index contributed by atoms with van der Waals surface area (Å²) in [5, 5.41) is 2.88. The van der Waals surface area contributed by atoms with Crippen LogP contribution in [0.4, 0.5) is 5.69 Å². The van der Waals surface area contributed by atoms with Gasteiger partial charge in [0.2, 0.25) is 6.79 Å². The fraction of sp³-hybridized carbons (Fsp3) is 0.188. The maximum Gasteiger partial charge on any atom is 0.251 e. The highest BCUT2D eigenvalue weighted by atomic mass is 16.7. The molecule has 0 atom stereocenters. The van der Waals surface area contributed by atoms with Crippen LogP contribution in [0.3, 0.4) is 0 Å². The molecule has 5 heteroatoms. The van der Waals surface area contributed by atoms with Crippen molar-refractivity contribution >= 4 is 11.6 Å². The molecule has 21 heavy (non-hydrogen) atoms. The molecule has 2 aromatic rings. The lowest BCUT2D eigenvalue weighted by Crippen LogP contribution is -2.23. The molecule has 5 nitrogen and oxygen atoms in total. The van der Waals surface area contributed by atoms with E-state index >= 15 is 0 Å². The molecule has 1 heterocycles. The second-order valence-corrected chi connectivity index (χ2v) is 4.90. The summed E-state index contributed by atoms with van der Waals surface area (Å²) < 4.78 is 10.7. The molecule has 1 aliphatic rings. The van der Waals surface area contributed by atoms with E-state index in [-0.39, 0.29) is 12.7 Å². The Morgan fingerprint density at radius 2 is 2.14 bits per heavy atom. The summed E-state index contributed by atoms with van der Waals surface area (Å²) >= 11 is 0. The molecule has 0 aromatic heterocycles. The maximum atomic E-state index is 12.2. The van der Waals surface area contributed by atoms with E-state index < -0.39 is 0 Å². The van der Waals surface area contributed by atoms with E-state index in [9.17, 15) is 4.79 Å². The minimum atomic E-state index is -0.144. The van der Waals surface area contributed by atoms with Crippen LogP contribution in [0.5, 0.6) is 11.5 Å². The zero-order chi connectivity index (χ0) is 14.8. The van der Waals surface area contributed by atoms with E-state index in [0.29, 0.717) is 29.3 Å². The second kappa shape index (κ2) is 5.36. The van der Waals surface area contributed by atoms with Gasteiger partial charge < -0.3 is 20.5 Å². The summed E-state index contributed by atoms with van der Waals surface area (Å²) in [5.41, 5.74) is 8.80. The third-order valence-corrected chi connectivity index (χ3v) is 3.45. The SMILES string of the molecule is Cc1cc(C(=O)NCc2cccc3c2OCO3)ccc1N. The predicted molar refractivity (Wildman–Crippen MR) is 79.3 cm³/mol. The Bertz CT molecular complexity index is 698. The van der Waals surface area contributed by atoms with Gasteiger partial charge in [0, 0.05) is 23.4 Å². The molecular weight excluding hydrogens is 268 g/mol. The van der Waals surface area contributed by atoms with Gasteiger partial charge in [-0.3, -0.25) is 4.79 Å². The largest absolute Gasteiger partial charge is 0.454 e.